The second kappa shape index (κ2) is 6.00. The zero-order chi connectivity index (χ0) is 13.0. The minimum absolute atomic E-state index is 0.102. The standard InChI is InChI=1S/C13H21N3O2/c1-2-5-10-12(14)15-11(16-13(10)17)8-9-6-3-4-7-18-9/h9H,2-8H2,1H3,(H3,14,15,16,17). The number of nitrogens with one attached hydrogen (secondary N) is 1. The molecule has 1 aliphatic heterocycles. The number of ether oxygens (including phenoxy) is 1. The SMILES string of the molecule is CCCc1c(N)nc(CC2CCCCO2)[nH]c1=O. The van der Waals surface area contributed by atoms with E-state index in [4.69, 9.17) is 10.5 Å². The largest absolute Gasteiger partial charge is 0.383 e. The van der Waals surface area contributed by atoms with E-state index in [1.54, 1.807) is 0 Å². The highest BCUT2D eigenvalue weighted by Crippen LogP contribution is 2.16. The Morgan fingerprint density at radius 2 is 2.33 bits per heavy atom. The minimum atomic E-state index is -0.102. The zero-order valence-corrected chi connectivity index (χ0v) is 10.9. The number of hydrogen-bond acceptors (Lipinski definition) is 4. The molecule has 0 radical (unpaired) electrons. The van der Waals surface area contributed by atoms with Crippen LogP contribution in [-0.2, 0) is 17.6 Å². The average molecular weight is 251 g/mol. The number of rotatable bonds is 4. The molecule has 1 saturated heterocycles. The Labute approximate surface area is 107 Å². The van der Waals surface area contributed by atoms with Crippen LogP contribution in [0.3, 0.4) is 0 Å². The van der Waals surface area contributed by atoms with Crippen LogP contribution in [0.5, 0.6) is 0 Å². The maximum Gasteiger partial charge on any atom is 0.256 e. The molecule has 1 unspecified atom stereocenters. The number of aromatic nitrogens is 2. The molecule has 1 aromatic rings. The summed E-state index contributed by atoms with van der Waals surface area (Å²) in [5.41, 5.74) is 6.34. The van der Waals surface area contributed by atoms with Crippen LogP contribution in [-0.4, -0.2) is 22.7 Å². The van der Waals surface area contributed by atoms with Crippen LogP contribution in [0.15, 0.2) is 4.79 Å². The number of nitrogens with two attached hydrogens (primary N) is 1. The Morgan fingerprint density at radius 1 is 1.50 bits per heavy atom. The van der Waals surface area contributed by atoms with Gasteiger partial charge in [-0.2, -0.15) is 0 Å². The van der Waals surface area contributed by atoms with Crippen molar-refractivity contribution >= 4 is 5.82 Å². The number of nitrogens with zero attached hydrogens (tertiary/aromatic N) is 1. The van der Waals surface area contributed by atoms with Gasteiger partial charge in [0.25, 0.3) is 5.56 Å². The van der Waals surface area contributed by atoms with Crippen molar-refractivity contribution in [3.05, 3.63) is 21.7 Å². The molecule has 2 rings (SSSR count). The number of hydrogen-bond donors (Lipinski definition) is 2. The lowest BCUT2D eigenvalue weighted by molar-refractivity contribution is 0.0156. The Bertz CT molecular complexity index is 450. The van der Waals surface area contributed by atoms with Gasteiger partial charge in [0.15, 0.2) is 0 Å². The van der Waals surface area contributed by atoms with Crippen molar-refractivity contribution in [2.75, 3.05) is 12.3 Å². The van der Waals surface area contributed by atoms with Gasteiger partial charge in [-0.3, -0.25) is 4.79 Å². The van der Waals surface area contributed by atoms with Gasteiger partial charge in [0.2, 0.25) is 0 Å². The van der Waals surface area contributed by atoms with Gasteiger partial charge in [0.05, 0.1) is 11.7 Å². The fraction of sp³-hybridized carbons (Fsp3) is 0.692. The van der Waals surface area contributed by atoms with Crippen LogP contribution in [0, 0.1) is 0 Å². The quantitative estimate of drug-likeness (QED) is 0.848. The fourth-order valence-corrected chi connectivity index (χ4v) is 2.34. The summed E-state index contributed by atoms with van der Waals surface area (Å²) in [6.07, 6.45) is 5.70. The highest BCUT2D eigenvalue weighted by Gasteiger charge is 2.17. The molecule has 0 saturated carbocycles. The van der Waals surface area contributed by atoms with Crippen LogP contribution in [0.25, 0.3) is 0 Å². The molecule has 0 amide bonds. The summed E-state index contributed by atoms with van der Waals surface area (Å²) in [7, 11) is 0. The van der Waals surface area contributed by atoms with E-state index in [9.17, 15) is 4.79 Å². The van der Waals surface area contributed by atoms with Crippen LogP contribution in [0.4, 0.5) is 5.82 Å². The summed E-state index contributed by atoms with van der Waals surface area (Å²) < 4.78 is 5.64. The Hall–Kier alpha value is -1.36. The third-order valence-electron chi connectivity index (χ3n) is 3.29. The highest BCUT2D eigenvalue weighted by molar-refractivity contribution is 5.37. The molecule has 100 valence electrons. The predicted octanol–water partition coefficient (Wildman–Crippen LogP) is 1.42. The minimum Gasteiger partial charge on any atom is -0.383 e. The lowest BCUT2D eigenvalue weighted by Crippen LogP contribution is -2.26. The molecule has 2 heterocycles. The molecule has 5 heteroatoms. The molecule has 3 N–H and O–H groups in total. The number of H-pyrrole nitrogens is 1. The monoisotopic (exact) mass is 251 g/mol. The number of anilines is 1. The summed E-state index contributed by atoms with van der Waals surface area (Å²) in [5, 5.41) is 0. The summed E-state index contributed by atoms with van der Waals surface area (Å²) in [4.78, 5) is 19.0. The van der Waals surface area contributed by atoms with Gasteiger partial charge in [0, 0.05) is 13.0 Å². The zero-order valence-electron chi connectivity index (χ0n) is 10.9. The van der Waals surface area contributed by atoms with Gasteiger partial charge < -0.3 is 15.5 Å². The first kappa shape index (κ1) is 13.1. The van der Waals surface area contributed by atoms with Crippen LogP contribution < -0.4 is 11.3 Å². The second-order valence-corrected chi connectivity index (χ2v) is 4.82. The van der Waals surface area contributed by atoms with Crippen molar-refractivity contribution in [2.24, 2.45) is 0 Å². The number of aromatic amines is 1. The molecular formula is C13H21N3O2. The molecular weight excluding hydrogens is 230 g/mol. The fourth-order valence-electron chi connectivity index (χ4n) is 2.34. The predicted molar refractivity (Wildman–Crippen MR) is 70.6 cm³/mol. The lowest BCUT2D eigenvalue weighted by Gasteiger charge is -2.22. The van der Waals surface area contributed by atoms with Crippen LogP contribution in [0.2, 0.25) is 0 Å². The van der Waals surface area contributed by atoms with E-state index in [0.29, 0.717) is 30.0 Å². The van der Waals surface area contributed by atoms with Gasteiger partial charge >= 0.3 is 0 Å². The van der Waals surface area contributed by atoms with Gasteiger partial charge in [-0.05, 0) is 25.7 Å². The van der Waals surface area contributed by atoms with E-state index >= 15 is 0 Å². The molecule has 0 bridgehead atoms. The summed E-state index contributed by atoms with van der Waals surface area (Å²) >= 11 is 0. The third kappa shape index (κ3) is 3.10. The number of nitrogen functional groups attached to an aromatic ring is 1. The molecule has 1 aromatic heterocycles. The molecule has 0 spiro atoms. The Morgan fingerprint density at radius 3 is 2.94 bits per heavy atom. The molecule has 0 aliphatic carbocycles. The first-order valence-electron chi connectivity index (χ1n) is 6.70. The van der Waals surface area contributed by atoms with Crippen molar-refractivity contribution in [1.82, 2.24) is 9.97 Å². The molecule has 1 atom stereocenters. The molecule has 18 heavy (non-hydrogen) atoms. The molecule has 0 aromatic carbocycles. The third-order valence-corrected chi connectivity index (χ3v) is 3.29. The maximum atomic E-state index is 11.9. The van der Waals surface area contributed by atoms with E-state index in [-0.39, 0.29) is 11.7 Å². The van der Waals surface area contributed by atoms with Crippen molar-refractivity contribution in [3.8, 4) is 0 Å². The summed E-state index contributed by atoms with van der Waals surface area (Å²) in [5.74, 6) is 1.01. The molecule has 5 nitrogen and oxygen atoms in total. The van der Waals surface area contributed by atoms with E-state index in [1.165, 1.54) is 6.42 Å². The van der Waals surface area contributed by atoms with Crippen molar-refractivity contribution in [1.29, 1.82) is 0 Å². The summed E-state index contributed by atoms with van der Waals surface area (Å²) in [6.45, 7) is 2.82. The first-order valence-corrected chi connectivity index (χ1v) is 6.70. The summed E-state index contributed by atoms with van der Waals surface area (Å²) in [6, 6.07) is 0. The van der Waals surface area contributed by atoms with Gasteiger partial charge in [-0.25, -0.2) is 4.98 Å². The van der Waals surface area contributed by atoms with E-state index in [0.717, 1.165) is 25.9 Å². The van der Waals surface area contributed by atoms with Crippen LogP contribution in [0.1, 0.15) is 44.0 Å². The topological polar surface area (TPSA) is 81.0 Å². The van der Waals surface area contributed by atoms with Crippen LogP contribution >= 0.6 is 0 Å². The van der Waals surface area contributed by atoms with Gasteiger partial charge in [-0.15, -0.1) is 0 Å². The molecule has 1 aliphatic rings. The smallest absolute Gasteiger partial charge is 0.256 e. The Balaban J connectivity index is 2.11. The Kier molecular flexibility index (Phi) is 4.36. The van der Waals surface area contributed by atoms with E-state index < -0.39 is 0 Å². The van der Waals surface area contributed by atoms with Crippen molar-refractivity contribution < 1.29 is 4.74 Å². The van der Waals surface area contributed by atoms with Crippen molar-refractivity contribution in [3.63, 3.8) is 0 Å². The highest BCUT2D eigenvalue weighted by atomic mass is 16.5. The van der Waals surface area contributed by atoms with Gasteiger partial charge in [0.1, 0.15) is 11.6 Å². The molecule has 1 fully saturated rings. The van der Waals surface area contributed by atoms with Gasteiger partial charge in [-0.1, -0.05) is 13.3 Å². The average Bonchev–Trinajstić information content (AvgIpc) is 2.35. The van der Waals surface area contributed by atoms with E-state index in [2.05, 4.69) is 9.97 Å². The van der Waals surface area contributed by atoms with Crippen molar-refractivity contribution in [2.45, 2.75) is 51.6 Å². The lowest BCUT2D eigenvalue weighted by atomic mass is 10.1. The normalized spacial score (nSPS) is 19.9. The maximum absolute atomic E-state index is 11.9. The second-order valence-electron chi connectivity index (χ2n) is 4.82. The first-order chi connectivity index (χ1) is 8.70. The van der Waals surface area contributed by atoms with E-state index in [1.807, 2.05) is 6.92 Å².